The van der Waals surface area contributed by atoms with Gasteiger partial charge in [-0.25, -0.2) is 4.98 Å². The standard InChI is InChI=1S/C14H9N3O2S2/c1-2-6-11-9(4-1)15-14(21-11)20-8-12-16-17-13(19-12)10-5-3-7-18-10/h1-7H,8H2. The summed E-state index contributed by atoms with van der Waals surface area (Å²) in [5.74, 6) is 2.14. The van der Waals surface area contributed by atoms with Crippen molar-refractivity contribution in [2.24, 2.45) is 0 Å². The zero-order chi connectivity index (χ0) is 14.1. The van der Waals surface area contributed by atoms with Gasteiger partial charge in [-0.15, -0.1) is 21.5 Å². The van der Waals surface area contributed by atoms with Crippen LogP contribution in [-0.4, -0.2) is 15.2 Å². The molecule has 0 bridgehead atoms. The minimum atomic E-state index is 0.403. The van der Waals surface area contributed by atoms with E-state index in [9.17, 15) is 0 Å². The summed E-state index contributed by atoms with van der Waals surface area (Å²) in [6, 6.07) is 11.7. The van der Waals surface area contributed by atoms with Gasteiger partial charge in [-0.2, -0.15) is 0 Å². The van der Waals surface area contributed by atoms with Gasteiger partial charge >= 0.3 is 0 Å². The minimum absolute atomic E-state index is 0.403. The Morgan fingerprint density at radius 2 is 2.05 bits per heavy atom. The number of hydrogen-bond donors (Lipinski definition) is 0. The van der Waals surface area contributed by atoms with Crippen molar-refractivity contribution in [3.8, 4) is 11.7 Å². The Kier molecular flexibility index (Phi) is 3.21. The first-order valence-electron chi connectivity index (χ1n) is 6.23. The second-order valence-electron chi connectivity index (χ2n) is 4.21. The summed E-state index contributed by atoms with van der Waals surface area (Å²) in [7, 11) is 0. The number of para-hydroxylation sites is 1. The highest BCUT2D eigenvalue weighted by Crippen LogP contribution is 2.31. The third-order valence-corrected chi connectivity index (χ3v) is 4.96. The topological polar surface area (TPSA) is 65.0 Å². The quantitative estimate of drug-likeness (QED) is 0.525. The van der Waals surface area contributed by atoms with Crippen LogP contribution in [0.2, 0.25) is 0 Å². The van der Waals surface area contributed by atoms with Crippen molar-refractivity contribution in [2.45, 2.75) is 10.1 Å². The molecular weight excluding hydrogens is 306 g/mol. The second-order valence-corrected chi connectivity index (χ2v) is 6.47. The van der Waals surface area contributed by atoms with E-state index in [-0.39, 0.29) is 0 Å². The van der Waals surface area contributed by atoms with Gasteiger partial charge in [0.05, 0.1) is 22.2 Å². The summed E-state index contributed by atoms with van der Waals surface area (Å²) in [5.41, 5.74) is 1.02. The molecule has 0 saturated carbocycles. The Morgan fingerprint density at radius 3 is 2.90 bits per heavy atom. The number of nitrogens with zero attached hydrogens (tertiary/aromatic N) is 3. The van der Waals surface area contributed by atoms with Crippen molar-refractivity contribution in [1.29, 1.82) is 0 Å². The van der Waals surface area contributed by atoms with Crippen molar-refractivity contribution in [3.63, 3.8) is 0 Å². The van der Waals surface area contributed by atoms with Crippen LogP contribution in [0.3, 0.4) is 0 Å². The molecule has 7 heteroatoms. The summed E-state index contributed by atoms with van der Waals surface area (Å²) in [5, 5.41) is 7.99. The molecule has 3 heterocycles. The van der Waals surface area contributed by atoms with Crippen LogP contribution in [0, 0.1) is 0 Å². The molecular formula is C14H9N3O2S2. The van der Waals surface area contributed by atoms with Gasteiger partial charge in [-0.3, -0.25) is 0 Å². The zero-order valence-electron chi connectivity index (χ0n) is 10.7. The van der Waals surface area contributed by atoms with E-state index in [0.29, 0.717) is 23.3 Å². The smallest absolute Gasteiger partial charge is 0.283 e. The van der Waals surface area contributed by atoms with Crippen LogP contribution in [0.5, 0.6) is 0 Å². The molecule has 0 amide bonds. The van der Waals surface area contributed by atoms with E-state index in [0.717, 1.165) is 9.86 Å². The molecule has 0 aliphatic rings. The highest BCUT2D eigenvalue weighted by molar-refractivity contribution is 8.00. The molecule has 0 spiro atoms. The van der Waals surface area contributed by atoms with Crippen LogP contribution >= 0.6 is 23.1 Å². The van der Waals surface area contributed by atoms with Crippen LogP contribution in [0.15, 0.2) is 55.8 Å². The van der Waals surface area contributed by atoms with Gasteiger partial charge in [0.2, 0.25) is 5.89 Å². The van der Waals surface area contributed by atoms with Gasteiger partial charge in [0.1, 0.15) is 0 Å². The first-order chi connectivity index (χ1) is 10.4. The molecule has 0 aliphatic heterocycles. The molecule has 0 unspecified atom stereocenters. The molecule has 0 atom stereocenters. The van der Waals surface area contributed by atoms with Crippen LogP contribution in [-0.2, 0) is 5.75 Å². The summed E-state index contributed by atoms with van der Waals surface area (Å²) < 4.78 is 13.0. The van der Waals surface area contributed by atoms with E-state index in [1.54, 1.807) is 41.5 Å². The van der Waals surface area contributed by atoms with Crippen LogP contribution in [0.4, 0.5) is 0 Å². The monoisotopic (exact) mass is 315 g/mol. The van der Waals surface area contributed by atoms with E-state index in [2.05, 4.69) is 21.2 Å². The molecule has 3 aromatic heterocycles. The lowest BCUT2D eigenvalue weighted by molar-refractivity contribution is 0.494. The number of rotatable bonds is 4. The lowest BCUT2D eigenvalue weighted by atomic mass is 10.3. The van der Waals surface area contributed by atoms with Gasteiger partial charge in [0, 0.05) is 0 Å². The predicted molar refractivity (Wildman–Crippen MR) is 81.2 cm³/mol. The van der Waals surface area contributed by atoms with Crippen molar-refractivity contribution in [3.05, 3.63) is 48.6 Å². The first kappa shape index (κ1) is 12.6. The Bertz CT molecular complexity index is 834. The molecule has 0 saturated heterocycles. The molecule has 0 fully saturated rings. The summed E-state index contributed by atoms with van der Waals surface area (Å²) in [4.78, 5) is 4.56. The van der Waals surface area contributed by atoms with Gasteiger partial charge in [-0.1, -0.05) is 23.9 Å². The molecule has 5 nitrogen and oxygen atoms in total. The Balaban J connectivity index is 1.49. The summed E-state index contributed by atoms with van der Waals surface area (Å²) in [6.45, 7) is 0. The lowest BCUT2D eigenvalue weighted by Gasteiger charge is -1.91. The van der Waals surface area contributed by atoms with E-state index in [4.69, 9.17) is 8.83 Å². The SMILES string of the molecule is c1coc(-c2nnc(CSc3nc4ccccc4s3)o2)c1. The number of thiazole rings is 1. The fourth-order valence-electron chi connectivity index (χ4n) is 1.85. The number of thioether (sulfide) groups is 1. The molecule has 104 valence electrons. The fourth-order valence-corrected chi connectivity index (χ4v) is 3.75. The Hall–Kier alpha value is -2.12. The van der Waals surface area contributed by atoms with Crippen molar-refractivity contribution in [1.82, 2.24) is 15.2 Å². The first-order valence-corrected chi connectivity index (χ1v) is 8.03. The van der Waals surface area contributed by atoms with Crippen molar-refractivity contribution >= 4 is 33.3 Å². The number of hydrogen-bond acceptors (Lipinski definition) is 7. The second kappa shape index (κ2) is 5.34. The maximum atomic E-state index is 5.56. The third kappa shape index (κ3) is 2.57. The van der Waals surface area contributed by atoms with Gasteiger partial charge in [0.15, 0.2) is 10.1 Å². The Labute approximate surface area is 128 Å². The highest BCUT2D eigenvalue weighted by atomic mass is 32.2. The lowest BCUT2D eigenvalue weighted by Crippen LogP contribution is -1.79. The van der Waals surface area contributed by atoms with E-state index < -0.39 is 0 Å². The normalized spacial score (nSPS) is 11.2. The molecule has 4 aromatic rings. The summed E-state index contributed by atoms with van der Waals surface area (Å²) in [6.07, 6.45) is 1.58. The van der Waals surface area contributed by atoms with Crippen LogP contribution in [0.25, 0.3) is 21.9 Å². The summed E-state index contributed by atoms with van der Waals surface area (Å²) >= 11 is 3.25. The minimum Gasteiger partial charge on any atom is -0.459 e. The number of benzene rings is 1. The van der Waals surface area contributed by atoms with E-state index >= 15 is 0 Å². The largest absolute Gasteiger partial charge is 0.459 e. The fraction of sp³-hybridized carbons (Fsp3) is 0.0714. The highest BCUT2D eigenvalue weighted by Gasteiger charge is 2.12. The molecule has 0 aliphatic carbocycles. The van der Waals surface area contributed by atoms with Crippen molar-refractivity contribution in [2.75, 3.05) is 0 Å². The molecule has 0 N–H and O–H groups in total. The van der Waals surface area contributed by atoms with Gasteiger partial charge in [-0.05, 0) is 24.3 Å². The van der Waals surface area contributed by atoms with E-state index in [1.165, 1.54) is 4.70 Å². The van der Waals surface area contributed by atoms with Gasteiger partial charge in [0.25, 0.3) is 5.89 Å². The molecule has 1 aromatic carbocycles. The number of aromatic nitrogens is 3. The van der Waals surface area contributed by atoms with E-state index in [1.807, 2.05) is 18.2 Å². The van der Waals surface area contributed by atoms with Gasteiger partial charge < -0.3 is 8.83 Å². The average molecular weight is 315 g/mol. The van der Waals surface area contributed by atoms with Crippen LogP contribution in [0.1, 0.15) is 5.89 Å². The predicted octanol–water partition coefficient (Wildman–Crippen LogP) is 4.23. The Morgan fingerprint density at radius 1 is 1.10 bits per heavy atom. The average Bonchev–Trinajstić information content (AvgIpc) is 3.23. The molecule has 0 radical (unpaired) electrons. The maximum absolute atomic E-state index is 5.56. The van der Waals surface area contributed by atoms with Crippen molar-refractivity contribution < 1.29 is 8.83 Å². The maximum Gasteiger partial charge on any atom is 0.283 e. The zero-order valence-corrected chi connectivity index (χ0v) is 12.4. The molecule has 21 heavy (non-hydrogen) atoms. The van der Waals surface area contributed by atoms with Crippen LogP contribution < -0.4 is 0 Å². The number of fused-ring (bicyclic) bond motifs is 1. The number of furan rings is 1. The third-order valence-electron chi connectivity index (χ3n) is 2.79. The molecule has 4 rings (SSSR count).